The Balaban J connectivity index is 2.26. The molecule has 108 valence electrons. The maximum Gasteiger partial charge on any atom is 0.197 e. The van der Waals surface area contributed by atoms with Crippen LogP contribution in [0.3, 0.4) is 0 Å². The zero-order valence-corrected chi connectivity index (χ0v) is 12.1. The molecule has 0 aliphatic carbocycles. The summed E-state index contributed by atoms with van der Waals surface area (Å²) < 4.78 is 10.9. The summed E-state index contributed by atoms with van der Waals surface area (Å²) in [6, 6.07) is 11.0. The second-order valence-electron chi connectivity index (χ2n) is 4.73. The molecule has 0 bridgehead atoms. The molecule has 2 aromatic carbocycles. The number of fused-ring (bicyclic) bond motifs is 2. The first-order chi connectivity index (χ1) is 10.2. The molecule has 0 amide bonds. The average molecular weight is 283 g/mol. The first-order valence-electron chi connectivity index (χ1n) is 7.08. The molecule has 1 heterocycles. The minimum Gasteiger partial charge on any atom is -0.494 e. The number of aromatic nitrogens is 1. The maximum absolute atomic E-state index is 12.7. The van der Waals surface area contributed by atoms with Crippen LogP contribution in [-0.2, 0) is 0 Å². The Bertz CT molecular complexity index is 785. The standard InChI is InChI=1S/C17H17NO3/c1-3-20-11-5-7-15-13(9-11)17(19)14-10-12(21-4-2)6-8-16(14)18-15/h5-10H,3-4H2,1-2H3,(H,18,19). The first-order valence-corrected chi connectivity index (χ1v) is 7.08. The number of hydrogen-bond acceptors (Lipinski definition) is 3. The van der Waals surface area contributed by atoms with Crippen molar-refractivity contribution in [2.24, 2.45) is 0 Å². The zero-order valence-electron chi connectivity index (χ0n) is 12.1. The van der Waals surface area contributed by atoms with E-state index in [1.807, 2.05) is 38.1 Å². The van der Waals surface area contributed by atoms with Gasteiger partial charge in [0.1, 0.15) is 11.5 Å². The topological polar surface area (TPSA) is 51.3 Å². The minimum absolute atomic E-state index is 0.0122. The normalized spacial score (nSPS) is 11.0. The molecule has 1 N–H and O–H groups in total. The third kappa shape index (κ3) is 2.44. The monoisotopic (exact) mass is 283 g/mol. The lowest BCUT2D eigenvalue weighted by atomic mass is 10.1. The zero-order chi connectivity index (χ0) is 14.8. The van der Waals surface area contributed by atoms with E-state index in [4.69, 9.17) is 9.47 Å². The van der Waals surface area contributed by atoms with Crippen molar-refractivity contribution in [3.63, 3.8) is 0 Å². The van der Waals surface area contributed by atoms with E-state index >= 15 is 0 Å². The molecule has 0 radical (unpaired) electrons. The second-order valence-corrected chi connectivity index (χ2v) is 4.73. The van der Waals surface area contributed by atoms with E-state index in [2.05, 4.69) is 4.98 Å². The van der Waals surface area contributed by atoms with E-state index < -0.39 is 0 Å². The fraction of sp³-hybridized carbons (Fsp3) is 0.235. The lowest BCUT2D eigenvalue weighted by molar-refractivity contribution is 0.340. The first kappa shape index (κ1) is 13.5. The molecule has 0 saturated heterocycles. The highest BCUT2D eigenvalue weighted by molar-refractivity contribution is 5.93. The van der Waals surface area contributed by atoms with E-state index in [1.54, 1.807) is 12.1 Å². The van der Waals surface area contributed by atoms with Gasteiger partial charge in [-0.2, -0.15) is 0 Å². The lowest BCUT2D eigenvalue weighted by Gasteiger charge is -2.08. The van der Waals surface area contributed by atoms with Crippen molar-refractivity contribution >= 4 is 21.8 Å². The Labute approximate surface area is 122 Å². The molecule has 4 heteroatoms. The molecule has 1 aromatic heterocycles. The number of nitrogens with one attached hydrogen (secondary N) is 1. The van der Waals surface area contributed by atoms with Crippen LogP contribution in [0.5, 0.6) is 11.5 Å². The van der Waals surface area contributed by atoms with Gasteiger partial charge in [0.25, 0.3) is 0 Å². The SMILES string of the molecule is CCOc1ccc2[nH]c3ccc(OCC)cc3c(=O)c2c1. The molecular formula is C17H17NO3. The molecule has 0 atom stereocenters. The number of pyridine rings is 1. The molecule has 0 aliphatic rings. The Morgan fingerprint density at radius 2 is 1.33 bits per heavy atom. The molecule has 3 aromatic rings. The Morgan fingerprint density at radius 1 is 0.857 bits per heavy atom. The molecule has 0 aliphatic heterocycles. The van der Waals surface area contributed by atoms with Crippen molar-refractivity contribution < 1.29 is 9.47 Å². The Morgan fingerprint density at radius 3 is 1.76 bits per heavy atom. The minimum atomic E-state index is -0.0122. The summed E-state index contributed by atoms with van der Waals surface area (Å²) in [6.45, 7) is 4.99. The van der Waals surface area contributed by atoms with Gasteiger partial charge in [0.05, 0.1) is 24.2 Å². The summed E-state index contributed by atoms with van der Waals surface area (Å²) in [5, 5.41) is 1.25. The van der Waals surface area contributed by atoms with Gasteiger partial charge >= 0.3 is 0 Å². The van der Waals surface area contributed by atoms with Gasteiger partial charge in [-0.3, -0.25) is 4.79 Å². The fourth-order valence-electron chi connectivity index (χ4n) is 2.44. The smallest absolute Gasteiger partial charge is 0.197 e. The van der Waals surface area contributed by atoms with Crippen molar-refractivity contribution in [2.45, 2.75) is 13.8 Å². The van der Waals surface area contributed by atoms with Crippen LogP contribution in [0, 0.1) is 0 Å². The summed E-state index contributed by atoms with van der Waals surface area (Å²) >= 11 is 0. The third-order valence-electron chi connectivity index (χ3n) is 3.36. The van der Waals surface area contributed by atoms with Gasteiger partial charge in [-0.15, -0.1) is 0 Å². The summed E-state index contributed by atoms with van der Waals surface area (Å²) in [6.07, 6.45) is 0. The van der Waals surface area contributed by atoms with Crippen LogP contribution in [-0.4, -0.2) is 18.2 Å². The number of ether oxygens (including phenoxy) is 2. The van der Waals surface area contributed by atoms with Crippen molar-refractivity contribution in [1.29, 1.82) is 0 Å². The molecule has 4 nitrogen and oxygen atoms in total. The van der Waals surface area contributed by atoms with E-state index in [1.165, 1.54) is 0 Å². The predicted molar refractivity (Wildman–Crippen MR) is 84.4 cm³/mol. The van der Waals surface area contributed by atoms with E-state index in [9.17, 15) is 4.79 Å². The molecule has 0 unspecified atom stereocenters. The molecule has 0 spiro atoms. The largest absolute Gasteiger partial charge is 0.494 e. The van der Waals surface area contributed by atoms with Gasteiger partial charge < -0.3 is 14.5 Å². The van der Waals surface area contributed by atoms with Gasteiger partial charge in [-0.05, 0) is 50.2 Å². The van der Waals surface area contributed by atoms with Crippen molar-refractivity contribution in [3.8, 4) is 11.5 Å². The number of rotatable bonds is 4. The van der Waals surface area contributed by atoms with Gasteiger partial charge in [-0.25, -0.2) is 0 Å². The summed E-state index contributed by atoms with van der Waals surface area (Å²) in [4.78, 5) is 15.9. The summed E-state index contributed by atoms with van der Waals surface area (Å²) in [5.41, 5.74) is 1.60. The van der Waals surface area contributed by atoms with E-state index in [0.717, 1.165) is 11.0 Å². The number of aromatic amines is 1. The number of benzene rings is 2. The molecule has 0 saturated carbocycles. The van der Waals surface area contributed by atoms with E-state index in [0.29, 0.717) is 35.5 Å². The van der Waals surface area contributed by atoms with E-state index in [-0.39, 0.29) is 5.43 Å². The number of H-pyrrole nitrogens is 1. The quantitative estimate of drug-likeness (QED) is 0.746. The van der Waals surface area contributed by atoms with Crippen LogP contribution >= 0.6 is 0 Å². The third-order valence-corrected chi connectivity index (χ3v) is 3.36. The molecule has 3 rings (SSSR count). The number of hydrogen-bond donors (Lipinski definition) is 1. The van der Waals surface area contributed by atoms with Gasteiger partial charge in [0, 0.05) is 10.8 Å². The Hall–Kier alpha value is -2.49. The van der Waals surface area contributed by atoms with Crippen LogP contribution in [0.4, 0.5) is 0 Å². The van der Waals surface area contributed by atoms with Gasteiger partial charge in [0.15, 0.2) is 5.43 Å². The summed E-state index contributed by atoms with van der Waals surface area (Å²) in [5.74, 6) is 1.41. The Kier molecular flexibility index (Phi) is 3.52. The maximum atomic E-state index is 12.7. The highest BCUT2D eigenvalue weighted by atomic mass is 16.5. The average Bonchev–Trinajstić information content (AvgIpc) is 2.49. The van der Waals surface area contributed by atoms with Crippen LogP contribution in [0.25, 0.3) is 21.8 Å². The van der Waals surface area contributed by atoms with Gasteiger partial charge in [-0.1, -0.05) is 0 Å². The van der Waals surface area contributed by atoms with Crippen LogP contribution < -0.4 is 14.9 Å². The van der Waals surface area contributed by atoms with Crippen molar-refractivity contribution in [3.05, 3.63) is 46.6 Å². The summed E-state index contributed by atoms with van der Waals surface area (Å²) in [7, 11) is 0. The molecule has 0 fully saturated rings. The molecular weight excluding hydrogens is 266 g/mol. The predicted octanol–water partition coefficient (Wildman–Crippen LogP) is 3.48. The molecule has 21 heavy (non-hydrogen) atoms. The lowest BCUT2D eigenvalue weighted by Crippen LogP contribution is -2.05. The highest BCUT2D eigenvalue weighted by Crippen LogP contribution is 2.22. The van der Waals surface area contributed by atoms with Crippen molar-refractivity contribution in [2.75, 3.05) is 13.2 Å². The van der Waals surface area contributed by atoms with Crippen LogP contribution in [0.15, 0.2) is 41.2 Å². The van der Waals surface area contributed by atoms with Crippen molar-refractivity contribution in [1.82, 2.24) is 4.98 Å². The highest BCUT2D eigenvalue weighted by Gasteiger charge is 2.08. The fourth-order valence-corrected chi connectivity index (χ4v) is 2.44. The van der Waals surface area contributed by atoms with Crippen LogP contribution in [0.1, 0.15) is 13.8 Å². The second kappa shape index (κ2) is 5.48. The van der Waals surface area contributed by atoms with Gasteiger partial charge in [0.2, 0.25) is 0 Å². The van der Waals surface area contributed by atoms with Crippen LogP contribution in [0.2, 0.25) is 0 Å².